The zero-order valence-corrected chi connectivity index (χ0v) is 24.1. The van der Waals surface area contributed by atoms with E-state index in [0.29, 0.717) is 0 Å². The van der Waals surface area contributed by atoms with Crippen molar-refractivity contribution >= 4 is 56.1 Å². The number of amides is 2. The van der Waals surface area contributed by atoms with Crippen LogP contribution in [0, 0.1) is 0 Å². The maximum Gasteiger partial charge on any atom is 0.416 e. The number of alkyl halides is 3. The van der Waals surface area contributed by atoms with Gasteiger partial charge in [0.1, 0.15) is 11.6 Å². The Labute approximate surface area is 239 Å². The van der Waals surface area contributed by atoms with Crippen LogP contribution < -0.4 is 10.2 Å². The highest BCUT2D eigenvalue weighted by Gasteiger charge is 2.50. The molecule has 1 N–H and O–H groups in total. The minimum atomic E-state index is -4.68. The zero-order chi connectivity index (χ0) is 29.5. The maximum absolute atomic E-state index is 13.5. The number of anilines is 1. The molecule has 0 spiro atoms. The quantitative estimate of drug-likeness (QED) is 0.498. The van der Waals surface area contributed by atoms with Crippen LogP contribution in [0.1, 0.15) is 31.9 Å². The van der Waals surface area contributed by atoms with Gasteiger partial charge in [0.05, 0.1) is 33.8 Å². The first-order valence-electron chi connectivity index (χ1n) is 12.2. The van der Waals surface area contributed by atoms with Crippen molar-refractivity contribution in [3.63, 3.8) is 0 Å². The number of nitrogens with zero attached hydrogens (tertiary/aromatic N) is 2. The van der Waals surface area contributed by atoms with Gasteiger partial charge in [-0.2, -0.15) is 18.2 Å². The van der Waals surface area contributed by atoms with Crippen molar-refractivity contribution in [2.24, 2.45) is 4.99 Å². The van der Waals surface area contributed by atoms with E-state index in [1.807, 2.05) is 0 Å². The van der Waals surface area contributed by atoms with Gasteiger partial charge in [-0.05, 0) is 44.5 Å². The second-order valence-electron chi connectivity index (χ2n) is 10.5. The van der Waals surface area contributed by atoms with Crippen molar-refractivity contribution in [3.8, 4) is 0 Å². The highest BCUT2D eigenvalue weighted by atomic mass is 35.5. The summed E-state index contributed by atoms with van der Waals surface area (Å²) in [7, 11) is -3.48. The molecule has 2 aliphatic rings. The van der Waals surface area contributed by atoms with Crippen LogP contribution >= 0.6 is 23.4 Å². The SMILES string of the molecule is CC(C)(C)OC(=O)N[C@H](Cc1ccccc1)C(=O)N=C1S[C@@H]2CS(=O)(=O)C[C@H]2N1c1cc(C(F)(F)F)ccc1Cl. The average Bonchev–Trinajstić information content (AvgIpc) is 3.28. The van der Waals surface area contributed by atoms with E-state index in [2.05, 4.69) is 10.3 Å². The number of sulfone groups is 1. The Morgan fingerprint density at radius 3 is 2.45 bits per heavy atom. The lowest BCUT2D eigenvalue weighted by atomic mass is 10.1. The number of ether oxygens (including phenoxy) is 1. The lowest BCUT2D eigenvalue weighted by molar-refractivity contribution is -0.137. The number of thioether (sulfide) groups is 1. The van der Waals surface area contributed by atoms with Crippen LogP contribution in [-0.4, -0.2) is 60.0 Å². The van der Waals surface area contributed by atoms with Crippen LogP contribution in [0.4, 0.5) is 23.7 Å². The lowest BCUT2D eigenvalue weighted by Gasteiger charge is -2.27. The number of amidine groups is 1. The highest BCUT2D eigenvalue weighted by molar-refractivity contribution is 8.16. The Kier molecular flexibility index (Phi) is 8.49. The van der Waals surface area contributed by atoms with E-state index in [0.717, 1.165) is 35.5 Å². The van der Waals surface area contributed by atoms with Gasteiger partial charge in [0.25, 0.3) is 5.91 Å². The summed E-state index contributed by atoms with van der Waals surface area (Å²) >= 11 is 7.29. The largest absolute Gasteiger partial charge is 0.444 e. The van der Waals surface area contributed by atoms with Gasteiger partial charge in [-0.1, -0.05) is 53.7 Å². The van der Waals surface area contributed by atoms with Gasteiger partial charge >= 0.3 is 12.3 Å². The molecule has 4 rings (SSSR count). The predicted octanol–water partition coefficient (Wildman–Crippen LogP) is 5.10. The van der Waals surface area contributed by atoms with Crippen molar-refractivity contribution in [3.05, 3.63) is 64.7 Å². The summed E-state index contributed by atoms with van der Waals surface area (Å²) in [5, 5.41) is 1.90. The number of carbonyl (C=O) groups excluding carboxylic acids is 2. The van der Waals surface area contributed by atoms with E-state index in [-0.39, 0.29) is 33.8 Å². The first kappa shape index (κ1) is 30.2. The number of nitrogens with one attached hydrogen (secondary N) is 1. The van der Waals surface area contributed by atoms with Gasteiger partial charge in [0.2, 0.25) is 0 Å². The Balaban J connectivity index is 1.72. The van der Waals surface area contributed by atoms with E-state index in [9.17, 15) is 31.2 Å². The topological polar surface area (TPSA) is 105 Å². The van der Waals surface area contributed by atoms with Crippen LogP contribution in [0.3, 0.4) is 0 Å². The molecule has 8 nitrogen and oxygen atoms in total. The summed E-state index contributed by atoms with van der Waals surface area (Å²) in [5.74, 6) is -1.35. The molecule has 2 amide bonds. The number of hydrogen-bond acceptors (Lipinski definition) is 6. The van der Waals surface area contributed by atoms with Gasteiger partial charge in [-0.3, -0.25) is 4.79 Å². The number of alkyl carbamates (subject to hydrolysis) is 1. The van der Waals surface area contributed by atoms with E-state index >= 15 is 0 Å². The van der Waals surface area contributed by atoms with Crippen molar-refractivity contribution in [2.45, 2.75) is 56.3 Å². The number of carbonyl (C=O) groups is 2. The van der Waals surface area contributed by atoms with Crippen LogP contribution in [0.2, 0.25) is 5.02 Å². The fraction of sp³-hybridized carbons (Fsp3) is 0.423. The molecule has 0 unspecified atom stereocenters. The van der Waals surface area contributed by atoms with Crippen LogP contribution in [0.5, 0.6) is 0 Å². The molecule has 40 heavy (non-hydrogen) atoms. The smallest absolute Gasteiger partial charge is 0.416 e. The summed E-state index contributed by atoms with van der Waals surface area (Å²) in [6, 6.07) is 9.60. The van der Waals surface area contributed by atoms with E-state index in [1.165, 1.54) is 4.90 Å². The number of fused-ring (bicyclic) bond motifs is 1. The lowest BCUT2D eigenvalue weighted by Crippen LogP contribution is -2.45. The maximum atomic E-state index is 13.5. The Morgan fingerprint density at radius 2 is 1.82 bits per heavy atom. The van der Waals surface area contributed by atoms with Crippen molar-refractivity contribution in [2.75, 3.05) is 16.4 Å². The molecule has 14 heteroatoms. The van der Waals surface area contributed by atoms with Gasteiger partial charge in [0, 0.05) is 11.7 Å². The molecule has 2 aromatic carbocycles. The summed E-state index contributed by atoms with van der Waals surface area (Å²) in [6.45, 7) is 5.00. The number of rotatable bonds is 5. The third kappa shape index (κ3) is 7.29. The fourth-order valence-corrected chi connectivity index (χ4v) is 8.51. The fourth-order valence-electron chi connectivity index (χ4n) is 4.39. The van der Waals surface area contributed by atoms with Crippen LogP contribution in [-0.2, 0) is 32.0 Å². The van der Waals surface area contributed by atoms with Crippen molar-refractivity contribution in [1.29, 1.82) is 0 Å². The van der Waals surface area contributed by atoms with Gasteiger partial charge in [0.15, 0.2) is 15.0 Å². The molecule has 0 radical (unpaired) electrons. The molecule has 216 valence electrons. The molecule has 0 saturated carbocycles. The molecule has 0 aliphatic carbocycles. The van der Waals surface area contributed by atoms with Gasteiger partial charge in [-0.25, -0.2) is 13.2 Å². The minimum Gasteiger partial charge on any atom is -0.444 e. The Hall–Kier alpha value is -2.77. The van der Waals surface area contributed by atoms with Crippen molar-refractivity contribution < 1.29 is 35.9 Å². The second-order valence-corrected chi connectivity index (χ2v) is 14.2. The minimum absolute atomic E-state index is 0.000162. The standard InChI is InChI=1S/C26H27ClF3N3O5S2/c1-25(2,3)38-24(35)31-18(11-15-7-5-4-6-8-15)22(34)32-23-33(20-13-40(36,37)14-21(20)39-23)19-12-16(26(28,29)30)9-10-17(19)27/h4-10,12,18,20-21H,11,13-14H2,1-3H3,(H,31,35)/t18-,20-,21-/m1/s1. The molecule has 0 aromatic heterocycles. The molecule has 2 heterocycles. The summed E-state index contributed by atoms with van der Waals surface area (Å²) in [5.41, 5.74) is -1.21. The average molecular weight is 618 g/mol. The number of benzene rings is 2. The molecule has 2 aromatic rings. The van der Waals surface area contributed by atoms with E-state index < -0.39 is 56.5 Å². The molecule has 2 aliphatic heterocycles. The zero-order valence-electron chi connectivity index (χ0n) is 21.7. The summed E-state index contributed by atoms with van der Waals surface area (Å²) < 4.78 is 70.7. The molecule has 3 atom stereocenters. The predicted molar refractivity (Wildman–Crippen MR) is 148 cm³/mol. The summed E-state index contributed by atoms with van der Waals surface area (Å²) in [4.78, 5) is 31.6. The highest BCUT2D eigenvalue weighted by Crippen LogP contribution is 2.44. The Morgan fingerprint density at radius 1 is 1.15 bits per heavy atom. The molecule has 2 fully saturated rings. The number of hydrogen-bond donors (Lipinski definition) is 1. The third-order valence-corrected chi connectivity index (χ3v) is 9.61. The first-order valence-corrected chi connectivity index (χ1v) is 15.3. The van der Waals surface area contributed by atoms with Crippen molar-refractivity contribution in [1.82, 2.24) is 5.32 Å². The molecular weight excluding hydrogens is 591 g/mol. The molecule has 0 bridgehead atoms. The summed E-state index contributed by atoms with van der Waals surface area (Å²) in [6.07, 6.45) is -5.47. The van der Waals surface area contributed by atoms with E-state index in [4.69, 9.17) is 16.3 Å². The van der Waals surface area contributed by atoms with Crippen LogP contribution in [0.15, 0.2) is 53.5 Å². The Bertz CT molecular complexity index is 1430. The normalized spacial score (nSPS) is 22.2. The van der Waals surface area contributed by atoms with Gasteiger partial charge < -0.3 is 15.0 Å². The van der Waals surface area contributed by atoms with E-state index in [1.54, 1.807) is 51.1 Å². The number of aliphatic imine (C=N–C) groups is 1. The number of halogens is 4. The third-order valence-electron chi connectivity index (χ3n) is 6.08. The monoisotopic (exact) mass is 617 g/mol. The molecular formula is C26H27ClF3N3O5S2. The van der Waals surface area contributed by atoms with Crippen LogP contribution in [0.25, 0.3) is 0 Å². The first-order chi connectivity index (χ1) is 18.5. The van der Waals surface area contributed by atoms with Gasteiger partial charge in [-0.15, -0.1) is 0 Å². The second kappa shape index (κ2) is 11.2. The molecule has 2 saturated heterocycles.